The van der Waals surface area contributed by atoms with Crippen molar-refractivity contribution in [2.24, 2.45) is 5.92 Å². The quantitative estimate of drug-likeness (QED) is 0.792. The van der Waals surface area contributed by atoms with Gasteiger partial charge in [0, 0.05) is 18.3 Å². The molecule has 0 bridgehead atoms. The summed E-state index contributed by atoms with van der Waals surface area (Å²) in [6.07, 6.45) is 3.46. The van der Waals surface area contributed by atoms with Crippen molar-refractivity contribution in [2.45, 2.75) is 31.8 Å². The second-order valence-electron chi connectivity index (χ2n) is 5.24. The lowest BCUT2D eigenvalue weighted by molar-refractivity contribution is 0.109. The Morgan fingerprint density at radius 1 is 1.35 bits per heavy atom. The van der Waals surface area contributed by atoms with E-state index in [0.29, 0.717) is 23.9 Å². The molecule has 0 heterocycles. The summed E-state index contributed by atoms with van der Waals surface area (Å²) in [4.78, 5) is 11.8. The van der Waals surface area contributed by atoms with Crippen LogP contribution < -0.4 is 15.4 Å². The van der Waals surface area contributed by atoms with E-state index in [1.807, 2.05) is 18.2 Å². The fourth-order valence-corrected chi connectivity index (χ4v) is 2.46. The normalized spacial score (nSPS) is 22.1. The summed E-state index contributed by atoms with van der Waals surface area (Å²) in [5.74, 6) is 1.18. The zero-order valence-corrected chi connectivity index (χ0v) is 11.8. The third kappa shape index (κ3) is 4.42. The second-order valence-corrected chi connectivity index (χ2v) is 5.24. The number of aliphatic hydroxyl groups is 1. The van der Waals surface area contributed by atoms with Crippen molar-refractivity contribution < 1.29 is 14.6 Å². The molecule has 20 heavy (non-hydrogen) atoms. The third-order valence-electron chi connectivity index (χ3n) is 3.70. The van der Waals surface area contributed by atoms with Crippen molar-refractivity contribution in [1.82, 2.24) is 5.32 Å². The van der Waals surface area contributed by atoms with Crippen molar-refractivity contribution in [2.75, 3.05) is 19.0 Å². The van der Waals surface area contributed by atoms with Gasteiger partial charge < -0.3 is 20.5 Å². The number of amides is 2. The average Bonchev–Trinajstić information content (AvgIpc) is 2.47. The summed E-state index contributed by atoms with van der Waals surface area (Å²) in [6, 6.07) is 7.05. The molecule has 3 N–H and O–H groups in total. The summed E-state index contributed by atoms with van der Waals surface area (Å²) < 4.78 is 5.11. The summed E-state index contributed by atoms with van der Waals surface area (Å²) in [5, 5.41) is 15.1. The fourth-order valence-electron chi connectivity index (χ4n) is 2.46. The average molecular weight is 278 g/mol. The number of hydrogen-bond donors (Lipinski definition) is 3. The minimum absolute atomic E-state index is 0.156. The maximum Gasteiger partial charge on any atom is 0.319 e. The molecule has 0 spiro atoms. The van der Waals surface area contributed by atoms with Crippen LogP contribution in [-0.2, 0) is 0 Å². The second kappa shape index (κ2) is 7.14. The minimum atomic E-state index is -0.204. The highest BCUT2D eigenvalue weighted by atomic mass is 16.5. The summed E-state index contributed by atoms with van der Waals surface area (Å²) in [7, 11) is 1.59. The molecule has 2 amide bonds. The van der Waals surface area contributed by atoms with E-state index in [0.717, 1.165) is 25.7 Å². The van der Waals surface area contributed by atoms with Gasteiger partial charge >= 0.3 is 6.03 Å². The van der Waals surface area contributed by atoms with Crippen molar-refractivity contribution >= 4 is 11.7 Å². The Bertz CT molecular complexity index is 442. The molecule has 2 rings (SSSR count). The Labute approximate surface area is 119 Å². The van der Waals surface area contributed by atoms with Gasteiger partial charge in [0.15, 0.2) is 0 Å². The predicted molar refractivity (Wildman–Crippen MR) is 78.0 cm³/mol. The molecule has 110 valence electrons. The summed E-state index contributed by atoms with van der Waals surface area (Å²) in [6.45, 7) is 0.655. The standard InChI is InChI=1S/C15H22N2O3/c1-20-14-4-2-3-12(9-14)17-15(19)16-10-11-5-7-13(18)8-6-11/h2-4,9,11,13,18H,5-8,10H2,1H3,(H2,16,17,19). The molecule has 1 aliphatic rings. The molecule has 0 atom stereocenters. The Balaban J connectivity index is 1.74. The van der Waals surface area contributed by atoms with E-state index in [-0.39, 0.29) is 12.1 Å². The fraction of sp³-hybridized carbons (Fsp3) is 0.533. The molecular formula is C15H22N2O3. The third-order valence-corrected chi connectivity index (χ3v) is 3.70. The largest absolute Gasteiger partial charge is 0.497 e. The smallest absolute Gasteiger partial charge is 0.319 e. The monoisotopic (exact) mass is 278 g/mol. The van der Waals surface area contributed by atoms with Gasteiger partial charge in [-0.1, -0.05) is 6.07 Å². The highest BCUT2D eigenvalue weighted by Crippen LogP contribution is 2.23. The molecule has 1 aromatic carbocycles. The van der Waals surface area contributed by atoms with Crippen LogP contribution in [-0.4, -0.2) is 30.9 Å². The number of urea groups is 1. The molecule has 1 aliphatic carbocycles. The predicted octanol–water partition coefficient (Wildman–Crippen LogP) is 2.37. The minimum Gasteiger partial charge on any atom is -0.497 e. The van der Waals surface area contributed by atoms with Gasteiger partial charge in [-0.2, -0.15) is 0 Å². The van der Waals surface area contributed by atoms with Gasteiger partial charge in [0.1, 0.15) is 5.75 Å². The molecule has 0 saturated heterocycles. The zero-order chi connectivity index (χ0) is 14.4. The molecule has 5 heteroatoms. The lowest BCUT2D eigenvalue weighted by Gasteiger charge is -2.25. The summed E-state index contributed by atoms with van der Waals surface area (Å²) >= 11 is 0. The Kier molecular flexibility index (Phi) is 5.24. The van der Waals surface area contributed by atoms with Crippen LogP contribution in [0.4, 0.5) is 10.5 Å². The molecule has 1 fully saturated rings. The van der Waals surface area contributed by atoms with Gasteiger partial charge in [-0.3, -0.25) is 0 Å². The van der Waals surface area contributed by atoms with E-state index in [4.69, 9.17) is 4.74 Å². The number of hydrogen-bond acceptors (Lipinski definition) is 3. The van der Waals surface area contributed by atoms with Crippen LogP contribution in [0.15, 0.2) is 24.3 Å². The Morgan fingerprint density at radius 3 is 2.80 bits per heavy atom. The van der Waals surface area contributed by atoms with E-state index in [1.165, 1.54) is 0 Å². The van der Waals surface area contributed by atoms with Crippen LogP contribution in [0.25, 0.3) is 0 Å². The number of rotatable bonds is 4. The number of ether oxygens (including phenoxy) is 1. The first-order valence-corrected chi connectivity index (χ1v) is 7.04. The molecule has 1 aromatic rings. The van der Waals surface area contributed by atoms with E-state index < -0.39 is 0 Å². The SMILES string of the molecule is COc1cccc(NC(=O)NCC2CCC(O)CC2)c1. The highest BCUT2D eigenvalue weighted by molar-refractivity contribution is 5.89. The maximum atomic E-state index is 11.8. The van der Waals surface area contributed by atoms with Crippen molar-refractivity contribution in [1.29, 1.82) is 0 Å². The molecule has 0 aromatic heterocycles. The first-order chi connectivity index (χ1) is 9.67. The number of nitrogens with one attached hydrogen (secondary N) is 2. The van der Waals surface area contributed by atoms with Crippen LogP contribution >= 0.6 is 0 Å². The maximum absolute atomic E-state index is 11.8. The Hall–Kier alpha value is -1.75. The number of carbonyl (C=O) groups excluding carboxylic acids is 1. The van der Waals surface area contributed by atoms with E-state index in [1.54, 1.807) is 13.2 Å². The number of anilines is 1. The molecule has 5 nitrogen and oxygen atoms in total. The van der Waals surface area contributed by atoms with Crippen molar-refractivity contribution in [3.63, 3.8) is 0 Å². The van der Waals surface area contributed by atoms with Gasteiger partial charge in [-0.15, -0.1) is 0 Å². The first kappa shape index (κ1) is 14.7. The molecule has 0 aliphatic heterocycles. The van der Waals surface area contributed by atoms with Crippen LogP contribution in [0.3, 0.4) is 0 Å². The lowest BCUT2D eigenvalue weighted by atomic mass is 9.87. The van der Waals surface area contributed by atoms with Gasteiger partial charge in [0.25, 0.3) is 0 Å². The Morgan fingerprint density at radius 2 is 2.10 bits per heavy atom. The first-order valence-electron chi connectivity index (χ1n) is 7.04. The zero-order valence-electron chi connectivity index (χ0n) is 11.8. The van der Waals surface area contributed by atoms with Crippen molar-refractivity contribution in [3.05, 3.63) is 24.3 Å². The van der Waals surface area contributed by atoms with Crippen LogP contribution in [0, 0.1) is 5.92 Å². The lowest BCUT2D eigenvalue weighted by Crippen LogP contribution is -2.34. The number of methoxy groups -OCH3 is 1. The van der Waals surface area contributed by atoms with E-state index >= 15 is 0 Å². The van der Waals surface area contributed by atoms with Crippen molar-refractivity contribution in [3.8, 4) is 5.75 Å². The molecule has 0 unspecified atom stereocenters. The van der Waals surface area contributed by atoms with Gasteiger partial charge in [-0.05, 0) is 43.7 Å². The number of benzene rings is 1. The van der Waals surface area contributed by atoms with Crippen LogP contribution in [0.2, 0.25) is 0 Å². The van der Waals surface area contributed by atoms with Crippen LogP contribution in [0.1, 0.15) is 25.7 Å². The molecular weight excluding hydrogens is 256 g/mol. The van der Waals surface area contributed by atoms with Gasteiger partial charge in [0.2, 0.25) is 0 Å². The van der Waals surface area contributed by atoms with E-state index in [9.17, 15) is 9.90 Å². The molecule has 1 saturated carbocycles. The van der Waals surface area contributed by atoms with Crippen LogP contribution in [0.5, 0.6) is 5.75 Å². The molecule has 0 radical (unpaired) electrons. The summed E-state index contributed by atoms with van der Waals surface area (Å²) in [5.41, 5.74) is 0.709. The number of aliphatic hydroxyl groups excluding tert-OH is 1. The number of carbonyl (C=O) groups is 1. The van der Waals surface area contributed by atoms with Gasteiger partial charge in [-0.25, -0.2) is 4.79 Å². The van der Waals surface area contributed by atoms with Gasteiger partial charge in [0.05, 0.1) is 13.2 Å². The van der Waals surface area contributed by atoms with E-state index in [2.05, 4.69) is 10.6 Å². The topological polar surface area (TPSA) is 70.6 Å². The highest BCUT2D eigenvalue weighted by Gasteiger charge is 2.19.